The van der Waals surface area contributed by atoms with Crippen molar-refractivity contribution in [3.05, 3.63) is 28.2 Å². The lowest BCUT2D eigenvalue weighted by molar-refractivity contribution is -0.122. The zero-order valence-corrected chi connectivity index (χ0v) is 12.3. The molecule has 0 radical (unpaired) electrons. The molecule has 0 spiro atoms. The van der Waals surface area contributed by atoms with Crippen LogP contribution >= 0.6 is 23.2 Å². The fourth-order valence-corrected chi connectivity index (χ4v) is 1.98. The molecule has 0 saturated carbocycles. The molecule has 1 rings (SSSR count). The van der Waals surface area contributed by atoms with Crippen LogP contribution in [0.25, 0.3) is 0 Å². The second-order valence-electron chi connectivity index (χ2n) is 5.13. The predicted octanol–water partition coefficient (Wildman–Crippen LogP) is 3.71. The van der Waals surface area contributed by atoms with Gasteiger partial charge in [0.15, 0.2) is 0 Å². The van der Waals surface area contributed by atoms with E-state index >= 15 is 0 Å². The second-order valence-corrected chi connectivity index (χ2v) is 6.01. The van der Waals surface area contributed by atoms with Gasteiger partial charge in [0.05, 0.1) is 0 Å². The van der Waals surface area contributed by atoms with Crippen LogP contribution in [0.2, 0.25) is 10.0 Å². The average Bonchev–Trinajstić information content (AvgIpc) is 2.12. The van der Waals surface area contributed by atoms with E-state index in [0.29, 0.717) is 23.0 Å². The molecule has 0 saturated heterocycles. The molecule has 5 heteroatoms. The zero-order chi connectivity index (χ0) is 13.8. The zero-order valence-electron chi connectivity index (χ0n) is 10.8. The number of rotatable bonds is 4. The first-order valence-corrected chi connectivity index (χ1v) is 6.53. The molecule has 2 N–H and O–H groups in total. The molecule has 0 aliphatic carbocycles. The summed E-state index contributed by atoms with van der Waals surface area (Å²) in [5, 5.41) is 7.16. The fourth-order valence-electron chi connectivity index (χ4n) is 1.46. The molecular formula is C13H18Cl2N2O. The van der Waals surface area contributed by atoms with Gasteiger partial charge in [0.2, 0.25) is 5.91 Å². The highest BCUT2D eigenvalue weighted by Gasteiger charge is 2.12. The number of halogens is 2. The summed E-state index contributed by atoms with van der Waals surface area (Å²) < 4.78 is 0. The number of anilines is 1. The molecule has 1 aromatic rings. The highest BCUT2D eigenvalue weighted by atomic mass is 35.5. The molecule has 0 fully saturated rings. The van der Waals surface area contributed by atoms with E-state index in [1.165, 1.54) is 0 Å². The van der Waals surface area contributed by atoms with Crippen LogP contribution in [0.4, 0.5) is 5.69 Å². The maximum Gasteiger partial charge on any atom is 0.222 e. The van der Waals surface area contributed by atoms with Crippen molar-refractivity contribution in [1.29, 1.82) is 0 Å². The van der Waals surface area contributed by atoms with Gasteiger partial charge >= 0.3 is 0 Å². The molecule has 0 unspecified atom stereocenters. The molecule has 0 atom stereocenters. The lowest BCUT2D eigenvalue weighted by Crippen LogP contribution is -2.41. The molecule has 1 aromatic carbocycles. The van der Waals surface area contributed by atoms with Gasteiger partial charge in [-0.25, -0.2) is 0 Å². The maximum absolute atomic E-state index is 11.6. The van der Waals surface area contributed by atoms with Crippen LogP contribution < -0.4 is 10.6 Å². The highest BCUT2D eigenvalue weighted by molar-refractivity contribution is 6.35. The van der Waals surface area contributed by atoms with E-state index in [0.717, 1.165) is 5.69 Å². The van der Waals surface area contributed by atoms with Crippen LogP contribution in [0, 0.1) is 0 Å². The van der Waals surface area contributed by atoms with E-state index in [4.69, 9.17) is 23.2 Å². The summed E-state index contributed by atoms with van der Waals surface area (Å²) in [5.41, 5.74) is 0.618. The number of carbonyl (C=O) groups is 1. The van der Waals surface area contributed by atoms with E-state index in [1.807, 2.05) is 20.8 Å². The Hall–Kier alpha value is -0.930. The third-order valence-corrected chi connectivity index (χ3v) is 2.49. The van der Waals surface area contributed by atoms with Crippen molar-refractivity contribution < 1.29 is 4.79 Å². The quantitative estimate of drug-likeness (QED) is 0.887. The molecule has 0 aliphatic heterocycles. The van der Waals surface area contributed by atoms with Gasteiger partial charge in [-0.2, -0.15) is 0 Å². The molecular weight excluding hydrogens is 271 g/mol. The van der Waals surface area contributed by atoms with Gasteiger partial charge in [-0.15, -0.1) is 0 Å². The molecule has 100 valence electrons. The normalized spacial score (nSPS) is 11.2. The third-order valence-electron chi connectivity index (χ3n) is 2.06. The standard InChI is InChI=1S/C13H18Cl2N2O/c1-13(2,3)17-12(18)4-5-16-11-7-9(14)6-10(15)8-11/h6-8,16H,4-5H2,1-3H3,(H,17,18). The Morgan fingerprint density at radius 1 is 1.17 bits per heavy atom. The van der Waals surface area contributed by atoms with Crippen LogP contribution in [0.5, 0.6) is 0 Å². The van der Waals surface area contributed by atoms with E-state index in [9.17, 15) is 4.79 Å². The number of amides is 1. The Morgan fingerprint density at radius 2 is 1.72 bits per heavy atom. The van der Waals surface area contributed by atoms with Crippen LogP contribution in [-0.4, -0.2) is 18.0 Å². The SMILES string of the molecule is CC(C)(C)NC(=O)CCNc1cc(Cl)cc(Cl)c1. The van der Waals surface area contributed by atoms with Crippen molar-refractivity contribution in [3.63, 3.8) is 0 Å². The van der Waals surface area contributed by atoms with E-state index < -0.39 is 0 Å². The summed E-state index contributed by atoms with van der Waals surface area (Å²) in [6, 6.07) is 5.21. The summed E-state index contributed by atoms with van der Waals surface area (Å²) in [6.07, 6.45) is 0.404. The summed E-state index contributed by atoms with van der Waals surface area (Å²) >= 11 is 11.7. The fraction of sp³-hybridized carbons (Fsp3) is 0.462. The van der Waals surface area contributed by atoms with Crippen molar-refractivity contribution in [2.45, 2.75) is 32.7 Å². The Bertz CT molecular complexity index is 407. The Morgan fingerprint density at radius 3 is 2.22 bits per heavy atom. The van der Waals surface area contributed by atoms with Crippen LogP contribution in [-0.2, 0) is 4.79 Å². The van der Waals surface area contributed by atoms with Crippen molar-refractivity contribution >= 4 is 34.8 Å². The maximum atomic E-state index is 11.6. The van der Waals surface area contributed by atoms with Crippen molar-refractivity contribution in [3.8, 4) is 0 Å². The first kappa shape index (κ1) is 15.1. The topological polar surface area (TPSA) is 41.1 Å². The molecule has 0 aliphatic rings. The summed E-state index contributed by atoms with van der Waals surface area (Å²) in [4.78, 5) is 11.6. The number of hydrogen-bond donors (Lipinski definition) is 2. The van der Waals surface area contributed by atoms with Gasteiger partial charge in [-0.3, -0.25) is 4.79 Å². The molecule has 1 amide bonds. The number of carbonyl (C=O) groups excluding carboxylic acids is 1. The monoisotopic (exact) mass is 288 g/mol. The van der Waals surface area contributed by atoms with Crippen LogP contribution in [0.15, 0.2) is 18.2 Å². The number of benzene rings is 1. The van der Waals surface area contributed by atoms with E-state index in [-0.39, 0.29) is 11.4 Å². The third kappa shape index (κ3) is 6.12. The smallest absolute Gasteiger partial charge is 0.222 e. The lowest BCUT2D eigenvalue weighted by atomic mass is 10.1. The lowest BCUT2D eigenvalue weighted by Gasteiger charge is -2.20. The minimum Gasteiger partial charge on any atom is -0.384 e. The van der Waals surface area contributed by atoms with Crippen molar-refractivity contribution in [2.75, 3.05) is 11.9 Å². The second kappa shape index (κ2) is 6.30. The molecule has 0 heterocycles. The average molecular weight is 289 g/mol. The minimum atomic E-state index is -0.198. The number of hydrogen-bond acceptors (Lipinski definition) is 2. The van der Waals surface area contributed by atoms with Gasteiger partial charge in [0.25, 0.3) is 0 Å². The van der Waals surface area contributed by atoms with E-state index in [1.54, 1.807) is 18.2 Å². The van der Waals surface area contributed by atoms with Crippen molar-refractivity contribution in [2.24, 2.45) is 0 Å². The predicted molar refractivity (Wildman–Crippen MR) is 77.5 cm³/mol. The molecule has 3 nitrogen and oxygen atoms in total. The molecule has 18 heavy (non-hydrogen) atoms. The number of nitrogens with one attached hydrogen (secondary N) is 2. The summed E-state index contributed by atoms with van der Waals surface area (Å²) in [6.45, 7) is 6.40. The van der Waals surface area contributed by atoms with Crippen LogP contribution in [0.3, 0.4) is 0 Å². The van der Waals surface area contributed by atoms with Gasteiger partial charge in [-0.05, 0) is 39.0 Å². The Kier molecular flexibility index (Phi) is 5.29. The Labute approximate surface area is 118 Å². The first-order chi connectivity index (χ1) is 8.26. The van der Waals surface area contributed by atoms with Gasteiger partial charge < -0.3 is 10.6 Å². The van der Waals surface area contributed by atoms with Gasteiger partial charge in [-0.1, -0.05) is 23.2 Å². The summed E-state index contributed by atoms with van der Waals surface area (Å²) in [5.74, 6) is 0.0168. The van der Waals surface area contributed by atoms with E-state index in [2.05, 4.69) is 10.6 Å². The van der Waals surface area contributed by atoms with Gasteiger partial charge in [0.1, 0.15) is 0 Å². The first-order valence-electron chi connectivity index (χ1n) is 5.77. The molecule has 0 aromatic heterocycles. The minimum absolute atomic E-state index is 0.0168. The van der Waals surface area contributed by atoms with Crippen LogP contribution in [0.1, 0.15) is 27.2 Å². The summed E-state index contributed by atoms with van der Waals surface area (Å²) in [7, 11) is 0. The molecule has 0 bridgehead atoms. The van der Waals surface area contributed by atoms with Crippen molar-refractivity contribution in [1.82, 2.24) is 5.32 Å². The van der Waals surface area contributed by atoms with Gasteiger partial charge in [0, 0.05) is 34.2 Å². The highest BCUT2D eigenvalue weighted by Crippen LogP contribution is 2.22. The largest absolute Gasteiger partial charge is 0.384 e. The Balaban J connectivity index is 2.40.